The monoisotopic (exact) mass is 320 g/mol. The highest BCUT2D eigenvalue weighted by Gasteiger charge is 2.33. The van der Waals surface area contributed by atoms with Gasteiger partial charge in [-0.3, -0.25) is 13.9 Å². The molecule has 0 aromatic carbocycles. The van der Waals surface area contributed by atoms with E-state index < -0.39 is 11.2 Å². The molecule has 0 aliphatic carbocycles. The number of nitriles is 1. The number of hydrogen-bond donors (Lipinski definition) is 0. The third-order valence-corrected chi connectivity index (χ3v) is 4.54. The van der Waals surface area contributed by atoms with Crippen LogP contribution < -0.4 is 16.1 Å². The van der Waals surface area contributed by atoms with Crippen molar-refractivity contribution in [2.24, 2.45) is 20.0 Å². The smallest absolute Gasteiger partial charge is 0.332 e. The summed E-state index contributed by atoms with van der Waals surface area (Å²) in [6.07, 6.45) is 1.61. The molecular weight excluding hydrogens is 300 g/mol. The molecule has 3 heterocycles. The lowest BCUT2D eigenvalue weighted by Crippen LogP contribution is -2.47. The molecule has 0 radical (unpaired) electrons. The number of aromatic nitrogens is 2. The van der Waals surface area contributed by atoms with Crippen LogP contribution in [0.2, 0.25) is 0 Å². The Morgan fingerprint density at radius 1 is 1.17 bits per heavy atom. The van der Waals surface area contributed by atoms with E-state index in [2.05, 4.69) is 0 Å². The third-order valence-electron chi connectivity index (χ3n) is 4.54. The van der Waals surface area contributed by atoms with E-state index in [1.54, 1.807) is 7.05 Å². The first-order chi connectivity index (χ1) is 11.0. The van der Waals surface area contributed by atoms with Crippen molar-refractivity contribution in [3.8, 4) is 6.07 Å². The fourth-order valence-corrected chi connectivity index (χ4v) is 3.37. The molecule has 0 saturated carbocycles. The molecule has 1 aromatic heterocycles. The summed E-state index contributed by atoms with van der Waals surface area (Å²) in [6, 6.07) is 1.96. The van der Waals surface area contributed by atoms with Crippen LogP contribution in [0.15, 0.2) is 9.59 Å². The lowest BCUT2D eigenvalue weighted by Gasteiger charge is -2.36. The second-order valence-electron chi connectivity index (χ2n) is 5.97. The van der Waals surface area contributed by atoms with Crippen molar-refractivity contribution in [1.82, 2.24) is 9.13 Å². The molecule has 2 saturated heterocycles. The van der Waals surface area contributed by atoms with Gasteiger partial charge in [-0.05, 0) is 12.8 Å². The molecule has 0 spiro atoms. The van der Waals surface area contributed by atoms with E-state index in [0.717, 1.165) is 17.4 Å². The van der Waals surface area contributed by atoms with Gasteiger partial charge in [-0.25, -0.2) is 4.79 Å². The maximum Gasteiger partial charge on any atom is 0.332 e. The predicted molar refractivity (Wildman–Crippen MR) is 82.3 cm³/mol. The summed E-state index contributed by atoms with van der Waals surface area (Å²) < 4.78 is 13.5. The molecule has 2 fully saturated rings. The van der Waals surface area contributed by atoms with Gasteiger partial charge in [0, 0.05) is 33.1 Å². The summed E-state index contributed by atoms with van der Waals surface area (Å²) >= 11 is 0. The average molecular weight is 320 g/mol. The van der Waals surface area contributed by atoms with Crippen molar-refractivity contribution in [2.75, 3.05) is 31.2 Å². The molecule has 8 heteroatoms. The van der Waals surface area contributed by atoms with E-state index >= 15 is 0 Å². The Bertz CT molecular complexity index is 754. The number of ether oxygens (including phenoxy) is 2. The van der Waals surface area contributed by atoms with E-state index in [-0.39, 0.29) is 17.8 Å². The van der Waals surface area contributed by atoms with Crippen LogP contribution in [-0.4, -0.2) is 41.7 Å². The molecule has 1 atom stereocenters. The Hall–Kier alpha value is -2.11. The molecule has 124 valence electrons. The Morgan fingerprint density at radius 2 is 1.87 bits per heavy atom. The number of piperidine rings is 1. The minimum Gasteiger partial charge on any atom is -0.356 e. The summed E-state index contributed by atoms with van der Waals surface area (Å²) in [5, 5.41) is 9.39. The Morgan fingerprint density at radius 3 is 2.52 bits per heavy atom. The molecule has 0 N–H and O–H groups in total. The van der Waals surface area contributed by atoms with Crippen LogP contribution in [0, 0.1) is 17.2 Å². The summed E-state index contributed by atoms with van der Waals surface area (Å²) in [5.74, 6) is 0.556. The first-order valence-corrected chi connectivity index (χ1v) is 7.73. The lowest BCUT2D eigenvalue weighted by atomic mass is 9.97. The van der Waals surface area contributed by atoms with E-state index in [1.165, 1.54) is 11.6 Å². The standard InChI is InChI=1S/C15H20N4O4/c1-17-12(11(8-16)13(20)18(2)15(17)21)19-5-3-4-10(9-19)14-22-6-7-23-14/h10,14H,3-7,9H2,1-2H3/t10-/m1/s1. The topological polar surface area (TPSA) is 89.5 Å². The lowest BCUT2D eigenvalue weighted by molar-refractivity contribution is -0.0859. The van der Waals surface area contributed by atoms with Gasteiger partial charge < -0.3 is 14.4 Å². The summed E-state index contributed by atoms with van der Waals surface area (Å²) in [4.78, 5) is 26.4. The van der Waals surface area contributed by atoms with Crippen LogP contribution in [-0.2, 0) is 23.6 Å². The fourth-order valence-electron chi connectivity index (χ4n) is 3.37. The third kappa shape index (κ3) is 2.66. The number of nitrogens with zero attached hydrogens (tertiary/aromatic N) is 4. The molecule has 0 amide bonds. The SMILES string of the molecule is Cn1c(N2CCC[C@@H](C3OCCO3)C2)c(C#N)c(=O)n(C)c1=O. The highest BCUT2D eigenvalue weighted by Crippen LogP contribution is 2.28. The zero-order chi connectivity index (χ0) is 16.6. The van der Waals surface area contributed by atoms with Crippen molar-refractivity contribution in [3.05, 3.63) is 26.4 Å². The minimum atomic E-state index is -0.555. The molecular formula is C15H20N4O4. The molecule has 23 heavy (non-hydrogen) atoms. The van der Waals surface area contributed by atoms with Gasteiger partial charge in [0.25, 0.3) is 5.56 Å². The normalized spacial score (nSPS) is 22.3. The first-order valence-electron chi connectivity index (χ1n) is 7.73. The molecule has 0 bridgehead atoms. The molecule has 0 unspecified atom stereocenters. The van der Waals surface area contributed by atoms with Crippen LogP contribution in [0.3, 0.4) is 0 Å². The highest BCUT2D eigenvalue weighted by atomic mass is 16.7. The van der Waals surface area contributed by atoms with Gasteiger partial charge in [0.05, 0.1) is 13.2 Å². The van der Waals surface area contributed by atoms with Gasteiger partial charge in [-0.2, -0.15) is 5.26 Å². The number of hydrogen-bond acceptors (Lipinski definition) is 6. The average Bonchev–Trinajstić information content (AvgIpc) is 3.10. The Kier molecular flexibility index (Phi) is 4.24. The van der Waals surface area contributed by atoms with Gasteiger partial charge in [0.1, 0.15) is 11.9 Å². The maximum atomic E-state index is 12.2. The molecule has 1 aromatic rings. The van der Waals surface area contributed by atoms with Gasteiger partial charge >= 0.3 is 5.69 Å². The van der Waals surface area contributed by atoms with E-state index in [4.69, 9.17) is 9.47 Å². The van der Waals surface area contributed by atoms with Gasteiger partial charge in [0.2, 0.25) is 0 Å². The highest BCUT2D eigenvalue weighted by molar-refractivity contribution is 5.53. The number of anilines is 1. The van der Waals surface area contributed by atoms with Crippen LogP contribution in [0.5, 0.6) is 0 Å². The first kappa shape index (κ1) is 15.8. The van der Waals surface area contributed by atoms with Crippen molar-refractivity contribution in [1.29, 1.82) is 5.26 Å². The van der Waals surface area contributed by atoms with Crippen LogP contribution in [0.25, 0.3) is 0 Å². The Labute approximate surface area is 133 Å². The van der Waals surface area contributed by atoms with Crippen molar-refractivity contribution in [2.45, 2.75) is 19.1 Å². The summed E-state index contributed by atoms with van der Waals surface area (Å²) in [7, 11) is 2.97. The van der Waals surface area contributed by atoms with Crippen molar-refractivity contribution >= 4 is 5.82 Å². The molecule has 2 aliphatic heterocycles. The Balaban J connectivity index is 1.99. The van der Waals surface area contributed by atoms with Crippen LogP contribution in [0.4, 0.5) is 5.82 Å². The van der Waals surface area contributed by atoms with Gasteiger partial charge in [-0.1, -0.05) is 0 Å². The largest absolute Gasteiger partial charge is 0.356 e. The predicted octanol–water partition coefficient (Wildman–Crippen LogP) is -0.455. The van der Waals surface area contributed by atoms with Crippen molar-refractivity contribution < 1.29 is 9.47 Å². The minimum absolute atomic E-state index is 0.00325. The van der Waals surface area contributed by atoms with Gasteiger partial charge in [-0.15, -0.1) is 0 Å². The molecule has 3 rings (SSSR count). The van der Waals surface area contributed by atoms with Crippen LogP contribution in [0.1, 0.15) is 18.4 Å². The maximum absolute atomic E-state index is 12.2. The second-order valence-corrected chi connectivity index (χ2v) is 5.97. The zero-order valence-electron chi connectivity index (χ0n) is 13.3. The fraction of sp³-hybridized carbons (Fsp3) is 0.667. The van der Waals surface area contributed by atoms with Crippen molar-refractivity contribution in [3.63, 3.8) is 0 Å². The molecule has 8 nitrogen and oxygen atoms in total. The summed E-state index contributed by atoms with van der Waals surface area (Å²) in [6.45, 7) is 2.47. The van der Waals surface area contributed by atoms with E-state index in [0.29, 0.717) is 32.1 Å². The number of rotatable bonds is 2. The van der Waals surface area contributed by atoms with Crippen LogP contribution >= 0.6 is 0 Å². The summed E-state index contributed by atoms with van der Waals surface area (Å²) in [5.41, 5.74) is -0.982. The zero-order valence-corrected chi connectivity index (χ0v) is 13.3. The van der Waals surface area contributed by atoms with E-state index in [9.17, 15) is 14.9 Å². The quantitative estimate of drug-likeness (QED) is 0.733. The second kappa shape index (κ2) is 6.18. The molecule has 2 aliphatic rings. The van der Waals surface area contributed by atoms with Gasteiger partial charge in [0.15, 0.2) is 11.9 Å². The van der Waals surface area contributed by atoms with E-state index in [1.807, 2.05) is 11.0 Å².